The van der Waals surface area contributed by atoms with Gasteiger partial charge >= 0.3 is 0 Å². The lowest BCUT2D eigenvalue weighted by atomic mass is 10.1. The van der Waals surface area contributed by atoms with Crippen molar-refractivity contribution >= 4 is 40.5 Å². The van der Waals surface area contributed by atoms with Crippen molar-refractivity contribution in [3.05, 3.63) is 53.1 Å². The minimum Gasteiger partial charge on any atom is -0.367 e. The molecule has 0 aliphatic carbocycles. The Morgan fingerprint density at radius 1 is 1.04 bits per heavy atom. The molecule has 0 atom stereocenters. The lowest BCUT2D eigenvalue weighted by Gasteiger charge is -2.35. The van der Waals surface area contributed by atoms with Crippen LogP contribution in [0.5, 0.6) is 0 Å². The molecule has 7 heteroatoms. The van der Waals surface area contributed by atoms with E-state index in [-0.39, 0.29) is 11.8 Å². The first-order valence-electron chi connectivity index (χ1n) is 9.40. The first kappa shape index (κ1) is 20.2. The summed E-state index contributed by atoms with van der Waals surface area (Å²) in [7, 11) is 2.10. The number of nitrogens with one attached hydrogen (secondary N) is 2. The average molecular weight is 401 g/mol. The Morgan fingerprint density at radius 2 is 1.79 bits per heavy atom. The Kier molecular flexibility index (Phi) is 6.54. The predicted molar refractivity (Wildman–Crippen MR) is 114 cm³/mol. The lowest BCUT2D eigenvalue weighted by Crippen LogP contribution is -2.44. The zero-order chi connectivity index (χ0) is 20.1. The summed E-state index contributed by atoms with van der Waals surface area (Å²) in [6.07, 6.45) is 0.382. The van der Waals surface area contributed by atoms with Gasteiger partial charge in [0, 0.05) is 48.9 Å². The maximum absolute atomic E-state index is 12.8. The fraction of sp³-hybridized carbons (Fsp3) is 0.333. The summed E-state index contributed by atoms with van der Waals surface area (Å²) in [4.78, 5) is 29.0. The van der Waals surface area contributed by atoms with Crippen molar-refractivity contribution in [3.63, 3.8) is 0 Å². The van der Waals surface area contributed by atoms with Crippen molar-refractivity contribution in [2.75, 3.05) is 48.8 Å². The number of hydrogen-bond donors (Lipinski definition) is 2. The normalized spacial score (nSPS) is 14.6. The highest BCUT2D eigenvalue weighted by atomic mass is 35.5. The van der Waals surface area contributed by atoms with Gasteiger partial charge in [-0.15, -0.1) is 0 Å². The van der Waals surface area contributed by atoms with E-state index in [0.717, 1.165) is 31.9 Å². The molecule has 1 aliphatic rings. The van der Waals surface area contributed by atoms with Crippen LogP contribution in [0.25, 0.3) is 0 Å². The van der Waals surface area contributed by atoms with Crippen molar-refractivity contribution in [2.45, 2.75) is 13.3 Å². The molecule has 2 aromatic carbocycles. The predicted octanol–water partition coefficient (Wildman–Crippen LogP) is 3.69. The van der Waals surface area contributed by atoms with Crippen LogP contribution < -0.4 is 15.5 Å². The van der Waals surface area contributed by atoms with E-state index in [0.29, 0.717) is 28.4 Å². The molecular formula is C21H25ClN4O2. The monoisotopic (exact) mass is 400 g/mol. The number of likely N-dealkylation sites (N-methyl/N-ethyl adjacent to an activating group) is 1. The Labute approximate surface area is 170 Å². The summed E-state index contributed by atoms with van der Waals surface area (Å²) < 4.78 is 0. The van der Waals surface area contributed by atoms with Gasteiger partial charge < -0.3 is 20.4 Å². The molecular weight excluding hydrogens is 376 g/mol. The summed E-state index contributed by atoms with van der Waals surface area (Å²) >= 11 is 6.18. The Balaban J connectivity index is 1.79. The van der Waals surface area contributed by atoms with Crippen LogP contribution in [0.15, 0.2) is 42.5 Å². The van der Waals surface area contributed by atoms with Crippen molar-refractivity contribution < 1.29 is 9.59 Å². The smallest absolute Gasteiger partial charge is 0.255 e. The maximum Gasteiger partial charge on any atom is 0.255 e. The number of anilines is 3. The van der Waals surface area contributed by atoms with Crippen LogP contribution in [0.3, 0.4) is 0 Å². The average Bonchev–Trinajstić information content (AvgIpc) is 2.69. The molecule has 0 spiro atoms. The number of piperazine rings is 1. The van der Waals surface area contributed by atoms with Crippen LogP contribution in [-0.4, -0.2) is 49.9 Å². The number of carbonyl (C=O) groups is 2. The highest BCUT2D eigenvalue weighted by Crippen LogP contribution is 2.30. The molecule has 0 unspecified atom stereocenters. The molecule has 2 aromatic rings. The summed E-state index contributed by atoms with van der Waals surface area (Å²) in [5.74, 6) is -0.338. The van der Waals surface area contributed by atoms with E-state index in [1.54, 1.807) is 37.3 Å². The third kappa shape index (κ3) is 5.03. The molecule has 1 saturated heterocycles. The second-order valence-electron chi connectivity index (χ2n) is 6.89. The van der Waals surface area contributed by atoms with Crippen LogP contribution in [0.4, 0.5) is 17.1 Å². The quantitative estimate of drug-likeness (QED) is 0.803. The van der Waals surface area contributed by atoms with Gasteiger partial charge in [-0.1, -0.05) is 24.6 Å². The third-order valence-corrected chi connectivity index (χ3v) is 5.02. The third-order valence-electron chi connectivity index (χ3n) is 4.78. The Hall–Kier alpha value is -2.57. The number of halogens is 1. The van der Waals surface area contributed by atoms with Gasteiger partial charge in [0.15, 0.2) is 0 Å². The van der Waals surface area contributed by atoms with E-state index < -0.39 is 0 Å². The first-order chi connectivity index (χ1) is 13.5. The Morgan fingerprint density at radius 3 is 2.50 bits per heavy atom. The number of hydrogen-bond acceptors (Lipinski definition) is 4. The number of nitrogens with zero attached hydrogens (tertiary/aromatic N) is 2. The van der Waals surface area contributed by atoms with E-state index in [1.165, 1.54) is 0 Å². The minimum absolute atomic E-state index is 0.0928. The van der Waals surface area contributed by atoms with E-state index in [9.17, 15) is 9.59 Å². The number of amides is 2. The molecule has 0 bridgehead atoms. The van der Waals surface area contributed by atoms with E-state index >= 15 is 0 Å². The van der Waals surface area contributed by atoms with Gasteiger partial charge in [-0.2, -0.15) is 0 Å². The highest BCUT2D eigenvalue weighted by Gasteiger charge is 2.19. The number of rotatable bonds is 5. The molecule has 3 rings (SSSR count). The molecule has 2 N–H and O–H groups in total. The molecule has 1 heterocycles. The standard InChI is InChI=1S/C21H25ClN4O2/c1-3-20(27)23-17-6-4-5-15(13-17)21(28)24-18-14-16(22)7-8-19(18)26-11-9-25(2)10-12-26/h4-8,13-14H,3,9-12H2,1-2H3,(H,23,27)(H,24,28). The zero-order valence-electron chi connectivity index (χ0n) is 16.2. The largest absolute Gasteiger partial charge is 0.367 e. The number of carbonyl (C=O) groups excluding carboxylic acids is 2. The van der Waals surface area contributed by atoms with Crippen molar-refractivity contribution in [1.82, 2.24) is 4.90 Å². The molecule has 6 nitrogen and oxygen atoms in total. The molecule has 1 fully saturated rings. The number of benzene rings is 2. The maximum atomic E-state index is 12.8. The Bertz CT molecular complexity index is 863. The molecule has 0 saturated carbocycles. The first-order valence-corrected chi connectivity index (χ1v) is 9.78. The summed E-state index contributed by atoms with van der Waals surface area (Å²) in [5, 5.41) is 6.32. The summed E-state index contributed by atoms with van der Waals surface area (Å²) in [6.45, 7) is 5.49. The van der Waals surface area contributed by atoms with Gasteiger partial charge in [-0.05, 0) is 43.4 Å². The highest BCUT2D eigenvalue weighted by molar-refractivity contribution is 6.31. The van der Waals surface area contributed by atoms with Gasteiger partial charge in [0.2, 0.25) is 5.91 Å². The second kappa shape index (κ2) is 9.08. The SMILES string of the molecule is CCC(=O)Nc1cccc(C(=O)Nc2cc(Cl)ccc2N2CCN(C)CC2)c1. The molecule has 1 aliphatic heterocycles. The molecule has 0 aromatic heterocycles. The van der Waals surface area contributed by atoms with Gasteiger partial charge in [0.05, 0.1) is 11.4 Å². The van der Waals surface area contributed by atoms with Gasteiger partial charge in [0.25, 0.3) is 5.91 Å². The van der Waals surface area contributed by atoms with Crippen LogP contribution in [0.1, 0.15) is 23.7 Å². The van der Waals surface area contributed by atoms with Crippen molar-refractivity contribution in [2.24, 2.45) is 0 Å². The fourth-order valence-corrected chi connectivity index (χ4v) is 3.29. The molecule has 148 valence electrons. The van der Waals surface area contributed by atoms with Crippen LogP contribution >= 0.6 is 11.6 Å². The second-order valence-corrected chi connectivity index (χ2v) is 7.32. The lowest BCUT2D eigenvalue weighted by molar-refractivity contribution is -0.115. The van der Waals surface area contributed by atoms with E-state index in [1.807, 2.05) is 12.1 Å². The van der Waals surface area contributed by atoms with Gasteiger partial charge in [-0.3, -0.25) is 9.59 Å². The van der Waals surface area contributed by atoms with Crippen LogP contribution in [0.2, 0.25) is 5.02 Å². The minimum atomic E-state index is -0.245. The van der Waals surface area contributed by atoms with Gasteiger partial charge in [-0.25, -0.2) is 0 Å². The topological polar surface area (TPSA) is 64.7 Å². The van der Waals surface area contributed by atoms with E-state index in [4.69, 9.17) is 11.6 Å². The van der Waals surface area contributed by atoms with Gasteiger partial charge in [0.1, 0.15) is 0 Å². The van der Waals surface area contributed by atoms with E-state index in [2.05, 4.69) is 27.5 Å². The van der Waals surface area contributed by atoms with Crippen molar-refractivity contribution in [1.29, 1.82) is 0 Å². The summed E-state index contributed by atoms with van der Waals surface area (Å²) in [5.41, 5.74) is 2.72. The molecule has 2 amide bonds. The van der Waals surface area contributed by atoms with Crippen LogP contribution in [-0.2, 0) is 4.79 Å². The molecule has 0 radical (unpaired) electrons. The zero-order valence-corrected chi connectivity index (χ0v) is 16.9. The molecule has 28 heavy (non-hydrogen) atoms. The van der Waals surface area contributed by atoms with Crippen LogP contribution in [0, 0.1) is 0 Å². The summed E-state index contributed by atoms with van der Waals surface area (Å²) in [6, 6.07) is 12.5. The fourth-order valence-electron chi connectivity index (χ4n) is 3.11. The van der Waals surface area contributed by atoms with Crippen molar-refractivity contribution in [3.8, 4) is 0 Å².